The van der Waals surface area contributed by atoms with E-state index in [0.29, 0.717) is 13.2 Å². The molecule has 0 fully saturated rings. The monoisotopic (exact) mass is 236 g/mol. The van der Waals surface area contributed by atoms with Crippen LogP contribution in [0.4, 0.5) is 0 Å². The van der Waals surface area contributed by atoms with Crippen LogP contribution < -0.4 is 0 Å². The van der Waals surface area contributed by atoms with Gasteiger partial charge in [0.25, 0.3) is 0 Å². The molecule has 0 bridgehead atoms. The zero-order valence-electron chi connectivity index (χ0n) is 9.97. The Labute approximate surface area is 99.7 Å². The van der Waals surface area contributed by atoms with Gasteiger partial charge >= 0.3 is 0 Å². The molecule has 0 atom stereocenters. The molecule has 0 unspecified atom stereocenters. The first kappa shape index (κ1) is 11.9. The first-order valence-electron chi connectivity index (χ1n) is 5.67. The summed E-state index contributed by atoms with van der Waals surface area (Å²) in [6.07, 6.45) is 1.22. The summed E-state index contributed by atoms with van der Waals surface area (Å²) in [6, 6.07) is 5.55. The molecule has 2 rings (SSSR count). The van der Waals surface area contributed by atoms with Gasteiger partial charge in [-0.05, 0) is 32.0 Å². The van der Waals surface area contributed by atoms with Crippen LogP contribution in [-0.4, -0.2) is 23.4 Å². The standard InChI is InChI=1S/C12H16N2O3/c1-3-15-12(16-4-2)10-8-9(13-14-10)11-6-5-7-17-11/h5-8,12H,3-4H2,1-2H3,(H,13,14). The summed E-state index contributed by atoms with van der Waals surface area (Å²) >= 11 is 0. The van der Waals surface area contributed by atoms with Crippen LogP contribution in [-0.2, 0) is 9.47 Å². The fourth-order valence-corrected chi connectivity index (χ4v) is 1.54. The highest BCUT2D eigenvalue weighted by atomic mass is 16.7. The highest BCUT2D eigenvalue weighted by Gasteiger charge is 2.15. The molecule has 0 aliphatic rings. The summed E-state index contributed by atoms with van der Waals surface area (Å²) in [7, 11) is 0. The van der Waals surface area contributed by atoms with E-state index < -0.39 is 6.29 Å². The minimum atomic E-state index is -0.402. The van der Waals surface area contributed by atoms with Crippen LogP contribution in [0.15, 0.2) is 28.9 Å². The predicted octanol–water partition coefficient (Wildman–Crippen LogP) is 2.74. The first-order valence-corrected chi connectivity index (χ1v) is 5.67. The SMILES string of the molecule is CCOC(OCC)c1cc(-c2ccco2)n[nH]1. The van der Waals surface area contributed by atoms with E-state index >= 15 is 0 Å². The van der Waals surface area contributed by atoms with Gasteiger partial charge in [-0.3, -0.25) is 5.10 Å². The molecule has 2 aromatic heterocycles. The minimum absolute atomic E-state index is 0.402. The van der Waals surface area contributed by atoms with Crippen molar-refractivity contribution in [3.8, 4) is 11.5 Å². The summed E-state index contributed by atoms with van der Waals surface area (Å²) < 4.78 is 16.2. The average molecular weight is 236 g/mol. The number of rotatable bonds is 6. The third-order valence-corrected chi connectivity index (χ3v) is 2.26. The van der Waals surface area contributed by atoms with Gasteiger partial charge in [-0.1, -0.05) is 0 Å². The number of hydrogen-bond acceptors (Lipinski definition) is 4. The topological polar surface area (TPSA) is 60.3 Å². The molecule has 17 heavy (non-hydrogen) atoms. The van der Waals surface area contributed by atoms with Gasteiger partial charge in [0.05, 0.1) is 12.0 Å². The van der Waals surface area contributed by atoms with Crippen LogP contribution in [0, 0.1) is 0 Å². The van der Waals surface area contributed by atoms with Crippen molar-refractivity contribution >= 4 is 0 Å². The molecule has 5 heteroatoms. The van der Waals surface area contributed by atoms with Crippen molar-refractivity contribution in [1.82, 2.24) is 10.2 Å². The summed E-state index contributed by atoms with van der Waals surface area (Å²) in [5.41, 5.74) is 1.54. The van der Waals surface area contributed by atoms with Gasteiger partial charge in [0.1, 0.15) is 5.69 Å². The molecule has 0 aromatic carbocycles. The number of aromatic amines is 1. The van der Waals surface area contributed by atoms with E-state index in [2.05, 4.69) is 10.2 Å². The normalized spacial score (nSPS) is 11.2. The summed E-state index contributed by atoms with van der Waals surface area (Å²) in [4.78, 5) is 0. The number of H-pyrrole nitrogens is 1. The number of furan rings is 1. The number of nitrogens with one attached hydrogen (secondary N) is 1. The minimum Gasteiger partial charge on any atom is -0.463 e. The van der Waals surface area contributed by atoms with Crippen LogP contribution >= 0.6 is 0 Å². The van der Waals surface area contributed by atoms with E-state index in [-0.39, 0.29) is 0 Å². The molecule has 0 amide bonds. The second-order valence-electron chi connectivity index (χ2n) is 3.43. The molecular formula is C12H16N2O3. The smallest absolute Gasteiger partial charge is 0.200 e. The van der Waals surface area contributed by atoms with Gasteiger partial charge in [0.15, 0.2) is 12.1 Å². The van der Waals surface area contributed by atoms with Crippen LogP contribution in [0.3, 0.4) is 0 Å². The van der Waals surface area contributed by atoms with Crippen molar-refractivity contribution < 1.29 is 13.9 Å². The highest BCUT2D eigenvalue weighted by Crippen LogP contribution is 2.23. The van der Waals surface area contributed by atoms with Crippen molar-refractivity contribution in [1.29, 1.82) is 0 Å². The maximum atomic E-state index is 5.48. The Hall–Kier alpha value is -1.59. The van der Waals surface area contributed by atoms with E-state index in [1.165, 1.54) is 0 Å². The van der Waals surface area contributed by atoms with Gasteiger partial charge in [0.2, 0.25) is 0 Å². The van der Waals surface area contributed by atoms with Crippen LogP contribution in [0.25, 0.3) is 11.5 Å². The summed E-state index contributed by atoms with van der Waals surface area (Å²) in [6.45, 7) is 5.02. The molecule has 5 nitrogen and oxygen atoms in total. The van der Waals surface area contributed by atoms with E-state index in [0.717, 1.165) is 17.1 Å². The quantitative estimate of drug-likeness (QED) is 0.783. The van der Waals surface area contributed by atoms with Crippen molar-refractivity contribution in [2.75, 3.05) is 13.2 Å². The second-order valence-corrected chi connectivity index (χ2v) is 3.43. The lowest BCUT2D eigenvalue weighted by molar-refractivity contribution is -0.142. The lowest BCUT2D eigenvalue weighted by atomic mass is 10.3. The molecule has 0 aliphatic heterocycles. The molecule has 0 aliphatic carbocycles. The third kappa shape index (κ3) is 2.75. The first-order chi connectivity index (χ1) is 8.35. The Morgan fingerprint density at radius 2 is 2.12 bits per heavy atom. The maximum absolute atomic E-state index is 5.48. The molecule has 2 heterocycles. The number of hydrogen-bond donors (Lipinski definition) is 1. The molecule has 1 N–H and O–H groups in total. The number of nitrogens with zero attached hydrogens (tertiary/aromatic N) is 1. The zero-order valence-corrected chi connectivity index (χ0v) is 9.97. The van der Waals surface area contributed by atoms with Gasteiger partial charge in [-0.15, -0.1) is 0 Å². The van der Waals surface area contributed by atoms with Gasteiger partial charge < -0.3 is 13.9 Å². The maximum Gasteiger partial charge on any atom is 0.200 e. The molecular weight excluding hydrogens is 220 g/mol. The Bertz CT molecular complexity index is 430. The van der Waals surface area contributed by atoms with E-state index in [1.807, 2.05) is 32.0 Å². The van der Waals surface area contributed by atoms with Crippen molar-refractivity contribution in [2.24, 2.45) is 0 Å². The highest BCUT2D eigenvalue weighted by molar-refractivity contribution is 5.51. The molecule has 92 valence electrons. The Morgan fingerprint density at radius 3 is 2.71 bits per heavy atom. The predicted molar refractivity (Wildman–Crippen MR) is 62.3 cm³/mol. The third-order valence-electron chi connectivity index (χ3n) is 2.26. The van der Waals surface area contributed by atoms with E-state index in [4.69, 9.17) is 13.9 Å². The second kappa shape index (κ2) is 5.65. The number of ether oxygens (including phenoxy) is 2. The van der Waals surface area contributed by atoms with Crippen LogP contribution in [0.2, 0.25) is 0 Å². The Balaban J connectivity index is 2.15. The lowest BCUT2D eigenvalue weighted by Gasteiger charge is -2.14. The average Bonchev–Trinajstić information content (AvgIpc) is 2.99. The summed E-state index contributed by atoms with van der Waals surface area (Å²) in [5, 5.41) is 7.07. The van der Waals surface area contributed by atoms with Crippen LogP contribution in [0.5, 0.6) is 0 Å². The van der Waals surface area contributed by atoms with Gasteiger partial charge in [-0.25, -0.2) is 0 Å². The van der Waals surface area contributed by atoms with Crippen molar-refractivity contribution in [3.63, 3.8) is 0 Å². The van der Waals surface area contributed by atoms with Crippen molar-refractivity contribution in [3.05, 3.63) is 30.2 Å². The van der Waals surface area contributed by atoms with Crippen LogP contribution in [0.1, 0.15) is 25.8 Å². The molecule has 2 aromatic rings. The van der Waals surface area contributed by atoms with Gasteiger partial charge in [-0.2, -0.15) is 5.10 Å². The zero-order chi connectivity index (χ0) is 12.1. The largest absolute Gasteiger partial charge is 0.463 e. The van der Waals surface area contributed by atoms with Crippen molar-refractivity contribution in [2.45, 2.75) is 20.1 Å². The molecule has 0 spiro atoms. The van der Waals surface area contributed by atoms with E-state index in [9.17, 15) is 0 Å². The van der Waals surface area contributed by atoms with Gasteiger partial charge in [0, 0.05) is 13.2 Å². The molecule has 0 saturated carbocycles. The Morgan fingerprint density at radius 1 is 1.35 bits per heavy atom. The molecule has 0 saturated heterocycles. The fraction of sp³-hybridized carbons (Fsp3) is 0.417. The summed E-state index contributed by atoms with van der Waals surface area (Å²) in [5.74, 6) is 0.722. The lowest BCUT2D eigenvalue weighted by Crippen LogP contribution is -2.09. The fourth-order valence-electron chi connectivity index (χ4n) is 1.54. The molecule has 0 radical (unpaired) electrons. The number of aromatic nitrogens is 2. The van der Waals surface area contributed by atoms with E-state index in [1.54, 1.807) is 6.26 Å². The Kier molecular flexibility index (Phi) is 3.95.